The van der Waals surface area contributed by atoms with Gasteiger partial charge in [0.2, 0.25) is 0 Å². The van der Waals surface area contributed by atoms with E-state index in [1.807, 2.05) is 0 Å². The molecule has 1 aliphatic rings. The number of hydrogen-bond acceptors (Lipinski definition) is 5. The summed E-state index contributed by atoms with van der Waals surface area (Å²) < 4.78 is 4.70. The van der Waals surface area contributed by atoms with Gasteiger partial charge in [0.25, 0.3) is 0 Å². The van der Waals surface area contributed by atoms with Gasteiger partial charge in [-0.05, 0) is 37.1 Å². The number of nitrogens with zero attached hydrogens (tertiary/aromatic N) is 2. The first kappa shape index (κ1) is 13.0. The van der Waals surface area contributed by atoms with Crippen LogP contribution in [0, 0.1) is 17.8 Å². The fourth-order valence-electron chi connectivity index (χ4n) is 2.31. The van der Waals surface area contributed by atoms with Crippen molar-refractivity contribution < 1.29 is 9.32 Å². The van der Waals surface area contributed by atoms with Crippen molar-refractivity contribution in [1.29, 1.82) is 0 Å². The number of amides is 1. The van der Waals surface area contributed by atoms with E-state index in [0.717, 1.165) is 24.3 Å². The highest BCUT2D eigenvalue weighted by Gasteiger charge is 2.30. The minimum atomic E-state index is -0.687. The van der Waals surface area contributed by atoms with Crippen molar-refractivity contribution in [3.05, 3.63) is 11.7 Å². The van der Waals surface area contributed by atoms with Crippen LogP contribution in [0.1, 0.15) is 43.2 Å². The molecule has 0 spiro atoms. The van der Waals surface area contributed by atoms with E-state index >= 15 is 0 Å². The van der Waals surface area contributed by atoms with Gasteiger partial charge in [-0.15, -0.1) is 0 Å². The van der Waals surface area contributed by atoms with E-state index < -0.39 is 5.91 Å². The molecule has 2 rings (SSSR count). The highest BCUT2D eigenvalue weighted by molar-refractivity contribution is 5.87. The number of carbonyl (C=O) groups is 1. The van der Waals surface area contributed by atoms with Crippen LogP contribution < -0.4 is 11.1 Å². The normalized spacial score (nSPS) is 23.1. The maximum Gasteiger partial charge on any atom is 0.315 e. The number of carbonyl (C=O) groups excluding carboxylic acids is 1. The van der Waals surface area contributed by atoms with Gasteiger partial charge in [-0.25, -0.2) is 0 Å². The molecule has 1 aromatic rings. The standard InChI is InChI=1S/C12H20N4O2/c1-7(2)9-3-8(4-9)5-14-6-10-15-12(11(13)17)18-16-10/h7-9,14H,3-6H2,1-2H3,(H2,13,17). The second-order valence-electron chi connectivity index (χ2n) is 5.35. The topological polar surface area (TPSA) is 94.0 Å². The maximum atomic E-state index is 10.8. The van der Waals surface area contributed by atoms with Crippen molar-refractivity contribution >= 4 is 5.91 Å². The number of primary amides is 1. The van der Waals surface area contributed by atoms with E-state index in [1.54, 1.807) is 0 Å². The molecule has 1 heterocycles. The molecule has 3 N–H and O–H groups in total. The Morgan fingerprint density at radius 2 is 2.28 bits per heavy atom. The average Bonchev–Trinajstić information content (AvgIpc) is 2.69. The summed E-state index contributed by atoms with van der Waals surface area (Å²) in [6.07, 6.45) is 2.59. The number of nitrogens with one attached hydrogen (secondary N) is 1. The van der Waals surface area contributed by atoms with Crippen LogP contribution in [0.3, 0.4) is 0 Å². The van der Waals surface area contributed by atoms with E-state index in [0.29, 0.717) is 12.4 Å². The molecule has 1 saturated carbocycles. The Morgan fingerprint density at radius 1 is 1.56 bits per heavy atom. The highest BCUT2D eigenvalue weighted by atomic mass is 16.5. The Morgan fingerprint density at radius 3 is 2.83 bits per heavy atom. The third kappa shape index (κ3) is 3.07. The molecule has 1 fully saturated rings. The van der Waals surface area contributed by atoms with Crippen molar-refractivity contribution in [2.75, 3.05) is 6.54 Å². The lowest BCUT2D eigenvalue weighted by Gasteiger charge is -2.38. The smallest absolute Gasteiger partial charge is 0.315 e. The average molecular weight is 252 g/mol. The van der Waals surface area contributed by atoms with E-state index in [9.17, 15) is 4.79 Å². The molecule has 6 heteroatoms. The van der Waals surface area contributed by atoms with E-state index in [4.69, 9.17) is 10.3 Å². The van der Waals surface area contributed by atoms with Gasteiger partial charge in [-0.3, -0.25) is 4.79 Å². The minimum absolute atomic E-state index is 0.129. The number of hydrogen-bond donors (Lipinski definition) is 2. The molecule has 0 atom stereocenters. The Labute approximate surface area is 106 Å². The molecule has 6 nitrogen and oxygen atoms in total. The first-order valence-corrected chi connectivity index (χ1v) is 6.39. The van der Waals surface area contributed by atoms with Crippen LogP contribution in [0.2, 0.25) is 0 Å². The molecule has 18 heavy (non-hydrogen) atoms. The lowest BCUT2D eigenvalue weighted by atomic mass is 9.69. The Kier molecular flexibility index (Phi) is 3.96. The highest BCUT2D eigenvalue weighted by Crippen LogP contribution is 2.38. The summed E-state index contributed by atoms with van der Waals surface area (Å²) in [6.45, 7) is 6.03. The van der Waals surface area contributed by atoms with Gasteiger partial charge in [0.1, 0.15) is 0 Å². The van der Waals surface area contributed by atoms with Gasteiger partial charge in [0.15, 0.2) is 5.82 Å². The fourth-order valence-corrected chi connectivity index (χ4v) is 2.31. The second kappa shape index (κ2) is 5.48. The molecule has 0 unspecified atom stereocenters. The molecule has 0 aliphatic heterocycles. The Bertz CT molecular complexity index is 410. The van der Waals surface area contributed by atoms with Crippen molar-refractivity contribution in [2.24, 2.45) is 23.5 Å². The van der Waals surface area contributed by atoms with Gasteiger partial charge >= 0.3 is 11.8 Å². The van der Waals surface area contributed by atoms with E-state index in [-0.39, 0.29) is 5.89 Å². The fraction of sp³-hybridized carbons (Fsp3) is 0.750. The summed E-state index contributed by atoms with van der Waals surface area (Å²) in [6, 6.07) is 0. The molecule has 1 aromatic heterocycles. The molecular formula is C12H20N4O2. The predicted octanol–water partition coefficient (Wildman–Crippen LogP) is 0.940. The molecule has 0 bridgehead atoms. The van der Waals surface area contributed by atoms with Gasteiger partial charge in [-0.2, -0.15) is 4.98 Å². The van der Waals surface area contributed by atoms with Gasteiger partial charge in [0.05, 0.1) is 6.54 Å². The van der Waals surface area contributed by atoms with Crippen molar-refractivity contribution in [2.45, 2.75) is 33.2 Å². The molecule has 1 aliphatic carbocycles. The lowest BCUT2D eigenvalue weighted by molar-refractivity contribution is 0.0958. The third-order valence-electron chi connectivity index (χ3n) is 3.61. The minimum Gasteiger partial charge on any atom is -0.361 e. The zero-order valence-electron chi connectivity index (χ0n) is 10.8. The van der Waals surface area contributed by atoms with Crippen LogP contribution in [0.4, 0.5) is 0 Å². The molecule has 0 saturated heterocycles. The summed E-state index contributed by atoms with van der Waals surface area (Å²) in [4.78, 5) is 14.6. The summed E-state index contributed by atoms with van der Waals surface area (Å²) in [7, 11) is 0. The summed E-state index contributed by atoms with van der Waals surface area (Å²) in [5, 5.41) is 6.95. The summed E-state index contributed by atoms with van der Waals surface area (Å²) in [5.74, 6) is 2.08. The van der Waals surface area contributed by atoms with E-state index in [2.05, 4.69) is 29.3 Å². The van der Waals surface area contributed by atoms with Crippen LogP contribution in [0.15, 0.2) is 4.52 Å². The molecule has 0 aromatic carbocycles. The quantitative estimate of drug-likeness (QED) is 0.785. The molecule has 1 amide bonds. The summed E-state index contributed by atoms with van der Waals surface area (Å²) >= 11 is 0. The molecular weight excluding hydrogens is 232 g/mol. The van der Waals surface area contributed by atoms with Gasteiger partial charge in [-0.1, -0.05) is 19.0 Å². The maximum absolute atomic E-state index is 10.8. The van der Waals surface area contributed by atoms with Crippen molar-refractivity contribution in [3.8, 4) is 0 Å². The third-order valence-corrected chi connectivity index (χ3v) is 3.61. The lowest BCUT2D eigenvalue weighted by Crippen LogP contribution is -2.35. The number of aromatic nitrogens is 2. The largest absolute Gasteiger partial charge is 0.361 e. The predicted molar refractivity (Wildman–Crippen MR) is 65.6 cm³/mol. The first-order valence-electron chi connectivity index (χ1n) is 6.39. The Balaban J connectivity index is 1.65. The number of nitrogens with two attached hydrogens (primary N) is 1. The van der Waals surface area contributed by atoms with Crippen LogP contribution >= 0.6 is 0 Å². The zero-order chi connectivity index (χ0) is 13.1. The van der Waals surface area contributed by atoms with Crippen LogP contribution in [-0.2, 0) is 6.54 Å². The SMILES string of the molecule is CC(C)C1CC(CNCc2noc(C(N)=O)n2)C1. The van der Waals surface area contributed by atoms with Crippen LogP contribution in [0.25, 0.3) is 0 Å². The van der Waals surface area contributed by atoms with Gasteiger partial charge < -0.3 is 15.6 Å². The zero-order valence-corrected chi connectivity index (χ0v) is 10.8. The second-order valence-corrected chi connectivity index (χ2v) is 5.35. The summed E-state index contributed by atoms with van der Waals surface area (Å²) in [5.41, 5.74) is 5.02. The van der Waals surface area contributed by atoms with Gasteiger partial charge in [0, 0.05) is 0 Å². The molecule has 0 radical (unpaired) electrons. The molecule has 100 valence electrons. The van der Waals surface area contributed by atoms with Crippen LogP contribution in [0.5, 0.6) is 0 Å². The van der Waals surface area contributed by atoms with E-state index in [1.165, 1.54) is 12.8 Å². The van der Waals surface area contributed by atoms with Crippen molar-refractivity contribution in [3.63, 3.8) is 0 Å². The number of rotatable bonds is 6. The van der Waals surface area contributed by atoms with Crippen molar-refractivity contribution in [1.82, 2.24) is 15.5 Å². The monoisotopic (exact) mass is 252 g/mol. The van der Waals surface area contributed by atoms with Crippen LogP contribution in [-0.4, -0.2) is 22.6 Å². The Hall–Kier alpha value is -1.43. The first-order chi connectivity index (χ1) is 8.56.